The zero-order valence-electron chi connectivity index (χ0n) is 13.5. The first-order valence-corrected chi connectivity index (χ1v) is 8.16. The summed E-state index contributed by atoms with van der Waals surface area (Å²) >= 11 is 0. The van der Waals surface area contributed by atoms with E-state index in [9.17, 15) is 0 Å². The van der Waals surface area contributed by atoms with E-state index in [0.29, 0.717) is 0 Å². The highest BCUT2D eigenvalue weighted by Gasteiger charge is 2.08. The number of aryl methyl sites for hydroxylation is 3. The predicted molar refractivity (Wildman–Crippen MR) is 87.3 cm³/mol. The molecular weight excluding hydrogens is 244 g/mol. The minimum Gasteiger partial charge on any atom is -0.311 e. The van der Waals surface area contributed by atoms with E-state index in [1.165, 1.54) is 67.6 Å². The highest BCUT2D eigenvalue weighted by molar-refractivity contribution is 5.37. The van der Waals surface area contributed by atoms with Crippen molar-refractivity contribution in [2.75, 3.05) is 26.2 Å². The van der Waals surface area contributed by atoms with Gasteiger partial charge in [-0.1, -0.05) is 30.5 Å². The molecule has 1 saturated heterocycles. The lowest BCUT2D eigenvalue weighted by atomic mass is 10.00. The Morgan fingerprint density at radius 2 is 1.55 bits per heavy atom. The molecule has 0 radical (unpaired) electrons. The van der Waals surface area contributed by atoms with Gasteiger partial charge < -0.3 is 10.2 Å². The van der Waals surface area contributed by atoms with Crippen molar-refractivity contribution < 1.29 is 0 Å². The van der Waals surface area contributed by atoms with Crippen molar-refractivity contribution in [1.29, 1.82) is 0 Å². The first kappa shape index (κ1) is 15.5. The maximum absolute atomic E-state index is 3.63. The Bertz CT molecular complexity index is 394. The summed E-state index contributed by atoms with van der Waals surface area (Å²) in [6.07, 6.45) is 5.61. The maximum atomic E-state index is 3.63. The molecule has 0 aromatic heterocycles. The highest BCUT2D eigenvalue weighted by Crippen LogP contribution is 2.16. The summed E-state index contributed by atoms with van der Waals surface area (Å²) in [4.78, 5) is 2.62. The number of hydrogen-bond acceptors (Lipinski definition) is 2. The van der Waals surface area contributed by atoms with Crippen LogP contribution in [0.5, 0.6) is 0 Å². The van der Waals surface area contributed by atoms with Crippen LogP contribution in [0.2, 0.25) is 0 Å². The van der Waals surface area contributed by atoms with Crippen molar-refractivity contribution in [3.8, 4) is 0 Å². The van der Waals surface area contributed by atoms with Gasteiger partial charge in [0.25, 0.3) is 0 Å². The smallest absolute Gasteiger partial charge is 0.0211 e. The van der Waals surface area contributed by atoms with Crippen LogP contribution in [-0.4, -0.2) is 31.1 Å². The van der Waals surface area contributed by atoms with E-state index in [4.69, 9.17) is 0 Å². The fraction of sp³-hybridized carbons (Fsp3) is 0.667. The fourth-order valence-electron chi connectivity index (χ4n) is 3.30. The van der Waals surface area contributed by atoms with Gasteiger partial charge in [-0.05, 0) is 63.4 Å². The third-order valence-corrected chi connectivity index (χ3v) is 4.45. The molecule has 0 aliphatic carbocycles. The van der Waals surface area contributed by atoms with Crippen molar-refractivity contribution in [3.05, 3.63) is 34.4 Å². The van der Waals surface area contributed by atoms with Gasteiger partial charge in [-0.25, -0.2) is 0 Å². The van der Waals surface area contributed by atoms with E-state index in [0.717, 1.165) is 13.1 Å². The first-order valence-electron chi connectivity index (χ1n) is 8.16. The molecule has 2 nitrogen and oxygen atoms in total. The lowest BCUT2D eigenvalue weighted by Gasteiger charge is -2.20. The molecular formula is C18H30N2. The van der Waals surface area contributed by atoms with Gasteiger partial charge in [-0.2, -0.15) is 0 Å². The van der Waals surface area contributed by atoms with Gasteiger partial charge >= 0.3 is 0 Å². The van der Waals surface area contributed by atoms with E-state index in [2.05, 4.69) is 43.1 Å². The number of nitrogens with one attached hydrogen (secondary N) is 1. The molecule has 1 fully saturated rings. The van der Waals surface area contributed by atoms with Crippen LogP contribution in [0.15, 0.2) is 12.1 Å². The Kier molecular flexibility index (Phi) is 6.06. The molecule has 1 aromatic rings. The Balaban J connectivity index is 1.75. The Morgan fingerprint density at radius 1 is 0.950 bits per heavy atom. The molecule has 1 N–H and O–H groups in total. The zero-order valence-corrected chi connectivity index (χ0v) is 13.5. The second kappa shape index (κ2) is 7.80. The van der Waals surface area contributed by atoms with Gasteiger partial charge in [-0.3, -0.25) is 0 Å². The van der Waals surface area contributed by atoms with Gasteiger partial charge in [-0.15, -0.1) is 0 Å². The van der Waals surface area contributed by atoms with Crippen molar-refractivity contribution in [3.63, 3.8) is 0 Å². The standard InChI is InChI=1S/C18H30N2/c1-15-12-16(2)18(17(3)13-15)14-19-8-11-20-9-6-4-5-7-10-20/h12-13,19H,4-11,14H2,1-3H3. The van der Waals surface area contributed by atoms with E-state index < -0.39 is 0 Å². The number of benzene rings is 1. The minimum atomic E-state index is 1.01. The predicted octanol–water partition coefficient (Wildman–Crippen LogP) is 3.58. The molecule has 0 unspecified atom stereocenters. The monoisotopic (exact) mass is 274 g/mol. The summed E-state index contributed by atoms with van der Waals surface area (Å²) in [6, 6.07) is 4.58. The summed E-state index contributed by atoms with van der Waals surface area (Å²) in [5.41, 5.74) is 5.69. The molecule has 2 rings (SSSR count). The zero-order chi connectivity index (χ0) is 14.4. The second-order valence-electron chi connectivity index (χ2n) is 6.31. The lowest BCUT2D eigenvalue weighted by Crippen LogP contribution is -2.32. The summed E-state index contributed by atoms with van der Waals surface area (Å²) < 4.78 is 0. The van der Waals surface area contributed by atoms with Gasteiger partial charge in [0, 0.05) is 19.6 Å². The SMILES string of the molecule is Cc1cc(C)c(CNCCN2CCCCCC2)c(C)c1. The molecule has 1 aliphatic rings. The fourth-order valence-corrected chi connectivity index (χ4v) is 3.30. The molecule has 0 spiro atoms. The van der Waals surface area contributed by atoms with Gasteiger partial charge in [0.15, 0.2) is 0 Å². The van der Waals surface area contributed by atoms with Crippen molar-refractivity contribution in [2.45, 2.75) is 53.0 Å². The van der Waals surface area contributed by atoms with Crippen molar-refractivity contribution >= 4 is 0 Å². The quantitative estimate of drug-likeness (QED) is 0.826. The van der Waals surface area contributed by atoms with Gasteiger partial charge in [0.1, 0.15) is 0 Å². The van der Waals surface area contributed by atoms with Crippen LogP contribution in [0.25, 0.3) is 0 Å². The number of rotatable bonds is 5. The van der Waals surface area contributed by atoms with Crippen LogP contribution in [0.3, 0.4) is 0 Å². The minimum absolute atomic E-state index is 1.01. The van der Waals surface area contributed by atoms with Crippen molar-refractivity contribution in [2.24, 2.45) is 0 Å². The normalized spacial score (nSPS) is 17.1. The Morgan fingerprint density at radius 3 is 2.15 bits per heavy atom. The van der Waals surface area contributed by atoms with E-state index >= 15 is 0 Å². The van der Waals surface area contributed by atoms with Crippen LogP contribution in [0, 0.1) is 20.8 Å². The van der Waals surface area contributed by atoms with E-state index in [1.54, 1.807) is 0 Å². The molecule has 1 aromatic carbocycles. The third kappa shape index (κ3) is 4.60. The molecule has 0 atom stereocenters. The summed E-state index contributed by atoms with van der Waals surface area (Å²) in [7, 11) is 0. The van der Waals surface area contributed by atoms with Crippen LogP contribution in [-0.2, 0) is 6.54 Å². The second-order valence-corrected chi connectivity index (χ2v) is 6.31. The van der Waals surface area contributed by atoms with Crippen molar-refractivity contribution in [1.82, 2.24) is 10.2 Å². The highest BCUT2D eigenvalue weighted by atomic mass is 15.1. The number of hydrogen-bond donors (Lipinski definition) is 1. The lowest BCUT2D eigenvalue weighted by molar-refractivity contribution is 0.284. The van der Waals surface area contributed by atoms with Crippen LogP contribution in [0.4, 0.5) is 0 Å². The third-order valence-electron chi connectivity index (χ3n) is 4.45. The average molecular weight is 274 g/mol. The van der Waals surface area contributed by atoms with Crippen LogP contribution < -0.4 is 5.32 Å². The molecule has 20 heavy (non-hydrogen) atoms. The molecule has 0 amide bonds. The molecule has 112 valence electrons. The van der Waals surface area contributed by atoms with E-state index in [-0.39, 0.29) is 0 Å². The number of nitrogens with zero attached hydrogens (tertiary/aromatic N) is 1. The molecule has 0 bridgehead atoms. The van der Waals surface area contributed by atoms with Crippen LogP contribution >= 0.6 is 0 Å². The topological polar surface area (TPSA) is 15.3 Å². The Hall–Kier alpha value is -0.860. The number of likely N-dealkylation sites (tertiary alicyclic amines) is 1. The van der Waals surface area contributed by atoms with Gasteiger partial charge in [0.05, 0.1) is 0 Å². The summed E-state index contributed by atoms with van der Waals surface area (Å²) in [5.74, 6) is 0. The van der Waals surface area contributed by atoms with E-state index in [1.807, 2.05) is 0 Å². The maximum Gasteiger partial charge on any atom is 0.0211 e. The molecule has 2 heteroatoms. The average Bonchev–Trinajstić information content (AvgIpc) is 2.65. The van der Waals surface area contributed by atoms with Crippen LogP contribution in [0.1, 0.15) is 47.9 Å². The van der Waals surface area contributed by atoms with Gasteiger partial charge in [0.2, 0.25) is 0 Å². The summed E-state index contributed by atoms with van der Waals surface area (Å²) in [5, 5.41) is 3.63. The first-order chi connectivity index (χ1) is 9.66. The summed E-state index contributed by atoms with van der Waals surface area (Å²) in [6.45, 7) is 12.5. The molecule has 1 heterocycles. The largest absolute Gasteiger partial charge is 0.311 e. The Labute approximate surface area is 124 Å². The molecule has 0 saturated carbocycles. The molecule has 1 aliphatic heterocycles.